The lowest BCUT2D eigenvalue weighted by Gasteiger charge is -2.25. The predicted molar refractivity (Wildman–Crippen MR) is 125 cm³/mol. The highest BCUT2D eigenvalue weighted by Gasteiger charge is 2.31. The minimum atomic E-state index is -0.0471. The minimum absolute atomic E-state index is 0.0471. The number of ether oxygens (including phenoxy) is 3. The standard InChI is InChI=1S/C24H22Cl2N2O3/c1-29-18-8-4-15(5-9-18)21-14-22(16-6-11-23(30-2)24(12-16)31-3)28(27-21)17-7-10-19(25)20(26)13-17/h4-13,22H,14H2,1-3H3/t22-/m1/s1. The van der Waals surface area contributed by atoms with Gasteiger partial charge in [0.25, 0.3) is 0 Å². The van der Waals surface area contributed by atoms with E-state index in [4.69, 9.17) is 42.5 Å². The Bertz CT molecular complexity index is 1120. The summed E-state index contributed by atoms with van der Waals surface area (Å²) in [6.07, 6.45) is 0.710. The Morgan fingerprint density at radius 2 is 1.55 bits per heavy atom. The number of rotatable bonds is 6. The van der Waals surface area contributed by atoms with Gasteiger partial charge >= 0.3 is 0 Å². The van der Waals surface area contributed by atoms with Crippen LogP contribution in [0.4, 0.5) is 5.69 Å². The molecule has 0 N–H and O–H groups in total. The first-order valence-electron chi connectivity index (χ1n) is 9.72. The Morgan fingerprint density at radius 3 is 2.19 bits per heavy atom. The Labute approximate surface area is 191 Å². The second-order valence-electron chi connectivity index (χ2n) is 7.05. The normalized spacial score (nSPS) is 15.6. The van der Waals surface area contributed by atoms with Crippen LogP contribution in [0.15, 0.2) is 65.8 Å². The molecule has 4 rings (SSSR count). The first-order chi connectivity index (χ1) is 15.0. The molecule has 0 bridgehead atoms. The number of anilines is 1. The van der Waals surface area contributed by atoms with Crippen molar-refractivity contribution in [2.75, 3.05) is 26.3 Å². The van der Waals surface area contributed by atoms with E-state index in [1.165, 1.54) is 0 Å². The van der Waals surface area contributed by atoms with Crippen molar-refractivity contribution in [1.29, 1.82) is 0 Å². The van der Waals surface area contributed by atoms with Crippen molar-refractivity contribution in [2.24, 2.45) is 5.10 Å². The van der Waals surface area contributed by atoms with Gasteiger partial charge in [0.05, 0.1) is 48.8 Å². The van der Waals surface area contributed by atoms with Gasteiger partial charge in [-0.15, -0.1) is 0 Å². The third-order valence-corrected chi connectivity index (χ3v) is 6.03. The lowest BCUT2D eigenvalue weighted by Crippen LogP contribution is -2.18. The molecular weight excluding hydrogens is 435 g/mol. The van der Waals surface area contributed by atoms with E-state index in [1.54, 1.807) is 27.4 Å². The molecule has 7 heteroatoms. The zero-order valence-electron chi connectivity index (χ0n) is 17.4. The van der Waals surface area contributed by atoms with Gasteiger partial charge in [0.1, 0.15) is 5.75 Å². The van der Waals surface area contributed by atoms with Gasteiger partial charge in [-0.1, -0.05) is 29.3 Å². The van der Waals surface area contributed by atoms with E-state index in [0.717, 1.165) is 28.3 Å². The molecule has 1 heterocycles. The molecule has 0 saturated carbocycles. The summed E-state index contributed by atoms with van der Waals surface area (Å²) in [6.45, 7) is 0. The highest BCUT2D eigenvalue weighted by molar-refractivity contribution is 6.42. The average Bonchev–Trinajstić information content (AvgIpc) is 3.26. The third-order valence-electron chi connectivity index (χ3n) is 5.29. The van der Waals surface area contributed by atoms with Crippen LogP contribution in [0.3, 0.4) is 0 Å². The van der Waals surface area contributed by atoms with E-state index >= 15 is 0 Å². The second kappa shape index (κ2) is 9.08. The van der Waals surface area contributed by atoms with Gasteiger partial charge < -0.3 is 14.2 Å². The number of nitrogens with zero attached hydrogens (tertiary/aromatic N) is 2. The van der Waals surface area contributed by atoms with Crippen molar-refractivity contribution < 1.29 is 14.2 Å². The van der Waals surface area contributed by atoms with Gasteiger partial charge in [-0.05, 0) is 65.7 Å². The smallest absolute Gasteiger partial charge is 0.161 e. The van der Waals surface area contributed by atoms with Crippen molar-refractivity contribution in [3.8, 4) is 17.2 Å². The van der Waals surface area contributed by atoms with Crippen LogP contribution in [0.2, 0.25) is 10.0 Å². The van der Waals surface area contributed by atoms with Crippen LogP contribution in [0.25, 0.3) is 0 Å². The van der Waals surface area contributed by atoms with Gasteiger partial charge in [0.15, 0.2) is 11.5 Å². The topological polar surface area (TPSA) is 43.3 Å². The zero-order valence-corrected chi connectivity index (χ0v) is 18.9. The van der Waals surface area contributed by atoms with Crippen LogP contribution in [-0.4, -0.2) is 27.0 Å². The first-order valence-corrected chi connectivity index (χ1v) is 10.5. The summed E-state index contributed by atoms with van der Waals surface area (Å²) in [6, 6.07) is 19.3. The summed E-state index contributed by atoms with van der Waals surface area (Å²) in [5.74, 6) is 2.16. The van der Waals surface area contributed by atoms with Gasteiger partial charge in [-0.3, -0.25) is 5.01 Å². The molecule has 0 radical (unpaired) electrons. The number of benzene rings is 3. The number of hydrogen-bond donors (Lipinski definition) is 0. The Balaban J connectivity index is 1.76. The largest absolute Gasteiger partial charge is 0.497 e. The molecule has 0 aliphatic carbocycles. The van der Waals surface area contributed by atoms with Gasteiger partial charge in [0, 0.05) is 6.42 Å². The van der Waals surface area contributed by atoms with Gasteiger partial charge in [0.2, 0.25) is 0 Å². The maximum atomic E-state index is 6.30. The molecule has 5 nitrogen and oxygen atoms in total. The van der Waals surface area contributed by atoms with E-state index < -0.39 is 0 Å². The fraction of sp³-hybridized carbons (Fsp3) is 0.208. The summed E-state index contributed by atoms with van der Waals surface area (Å²) < 4.78 is 16.2. The van der Waals surface area contributed by atoms with Crippen molar-refractivity contribution in [3.05, 3.63) is 81.8 Å². The van der Waals surface area contributed by atoms with E-state index in [0.29, 0.717) is 28.0 Å². The van der Waals surface area contributed by atoms with Crippen LogP contribution < -0.4 is 19.2 Å². The maximum absolute atomic E-state index is 6.30. The molecule has 3 aromatic rings. The Kier molecular flexibility index (Phi) is 6.25. The average molecular weight is 457 g/mol. The molecule has 3 aromatic carbocycles. The fourth-order valence-electron chi connectivity index (χ4n) is 3.65. The van der Waals surface area contributed by atoms with Crippen LogP contribution in [-0.2, 0) is 0 Å². The Hall–Kier alpha value is -2.89. The summed E-state index contributed by atoms with van der Waals surface area (Å²) >= 11 is 12.4. The molecule has 31 heavy (non-hydrogen) atoms. The molecule has 1 aliphatic heterocycles. The van der Waals surface area contributed by atoms with Gasteiger partial charge in [-0.25, -0.2) is 0 Å². The van der Waals surface area contributed by atoms with E-state index in [9.17, 15) is 0 Å². The highest BCUT2D eigenvalue weighted by Crippen LogP contribution is 2.41. The van der Waals surface area contributed by atoms with Crippen molar-refractivity contribution in [2.45, 2.75) is 12.5 Å². The highest BCUT2D eigenvalue weighted by atomic mass is 35.5. The summed E-state index contributed by atoms with van der Waals surface area (Å²) in [5.41, 5.74) is 3.91. The molecule has 0 unspecified atom stereocenters. The minimum Gasteiger partial charge on any atom is -0.497 e. The number of halogens is 2. The van der Waals surface area contributed by atoms with Crippen molar-refractivity contribution in [1.82, 2.24) is 0 Å². The molecule has 0 saturated heterocycles. The number of methoxy groups -OCH3 is 3. The second-order valence-corrected chi connectivity index (χ2v) is 7.87. The van der Waals surface area contributed by atoms with Crippen LogP contribution >= 0.6 is 23.2 Å². The summed E-state index contributed by atoms with van der Waals surface area (Å²) in [4.78, 5) is 0. The molecule has 0 aromatic heterocycles. The molecule has 0 fully saturated rings. The zero-order chi connectivity index (χ0) is 22.0. The lowest BCUT2D eigenvalue weighted by molar-refractivity contribution is 0.354. The molecule has 0 amide bonds. The summed E-state index contributed by atoms with van der Waals surface area (Å²) in [5, 5.41) is 7.91. The molecule has 160 valence electrons. The number of hydrogen-bond acceptors (Lipinski definition) is 5. The quantitative estimate of drug-likeness (QED) is 0.431. The maximum Gasteiger partial charge on any atom is 0.161 e. The van der Waals surface area contributed by atoms with Crippen molar-refractivity contribution in [3.63, 3.8) is 0 Å². The van der Waals surface area contributed by atoms with Crippen molar-refractivity contribution >= 4 is 34.6 Å². The van der Waals surface area contributed by atoms with Crippen LogP contribution in [0.5, 0.6) is 17.2 Å². The van der Waals surface area contributed by atoms with E-state index in [2.05, 4.69) is 0 Å². The van der Waals surface area contributed by atoms with E-state index in [1.807, 2.05) is 59.6 Å². The molecular formula is C24H22Cl2N2O3. The molecule has 1 aliphatic rings. The SMILES string of the molecule is COc1ccc(C2=NN(c3ccc(Cl)c(Cl)c3)[C@@H](c3ccc(OC)c(OC)c3)C2)cc1. The summed E-state index contributed by atoms with van der Waals surface area (Å²) in [7, 11) is 4.91. The van der Waals surface area contributed by atoms with Crippen LogP contribution in [0, 0.1) is 0 Å². The predicted octanol–water partition coefficient (Wildman–Crippen LogP) is 6.37. The Morgan fingerprint density at radius 1 is 0.806 bits per heavy atom. The fourth-order valence-corrected chi connectivity index (χ4v) is 3.95. The first kappa shape index (κ1) is 21.3. The third kappa shape index (κ3) is 4.29. The molecule has 0 spiro atoms. The van der Waals surface area contributed by atoms with Gasteiger partial charge in [-0.2, -0.15) is 5.10 Å². The monoisotopic (exact) mass is 456 g/mol. The molecule has 1 atom stereocenters. The van der Waals surface area contributed by atoms with Crippen LogP contribution in [0.1, 0.15) is 23.6 Å². The lowest BCUT2D eigenvalue weighted by atomic mass is 9.97. The van der Waals surface area contributed by atoms with E-state index in [-0.39, 0.29) is 6.04 Å². The number of hydrazone groups is 1.